The summed E-state index contributed by atoms with van der Waals surface area (Å²) >= 11 is 0. The van der Waals surface area contributed by atoms with Gasteiger partial charge in [0.1, 0.15) is 0 Å². The van der Waals surface area contributed by atoms with Crippen molar-refractivity contribution >= 4 is 23.6 Å². The fraction of sp³-hybridized carbons (Fsp3) is 0.412. The second-order valence-corrected chi connectivity index (χ2v) is 5.65. The minimum absolute atomic E-state index is 0.0935. The number of aliphatic carboxylic acids is 1. The fourth-order valence-electron chi connectivity index (χ4n) is 2.79. The summed E-state index contributed by atoms with van der Waals surface area (Å²) < 4.78 is 0. The number of carboxylic acid groups (broad SMARTS) is 1. The van der Waals surface area contributed by atoms with Crippen LogP contribution < -0.4 is 5.32 Å². The molecule has 2 N–H and O–H groups in total. The lowest BCUT2D eigenvalue weighted by Gasteiger charge is -2.27. The van der Waals surface area contributed by atoms with E-state index < -0.39 is 5.97 Å². The Hall–Kier alpha value is -2.10. The molecule has 4 nitrogen and oxygen atoms in total. The Bertz CT molecular complexity index is 533. The standard InChI is InChI=1S/C17H21NO3/c1-12-4-2-3-5-15(12)17(21)18-14-9-6-13(7-10-14)8-11-16(19)20/h6-12,15H,2-5H2,1H3,(H,18,21)(H,19,20)/b11-8+/t12-,15-/m1/s1. The summed E-state index contributed by atoms with van der Waals surface area (Å²) in [4.78, 5) is 22.7. The topological polar surface area (TPSA) is 66.4 Å². The van der Waals surface area contributed by atoms with E-state index in [1.807, 2.05) is 0 Å². The van der Waals surface area contributed by atoms with Gasteiger partial charge < -0.3 is 10.4 Å². The van der Waals surface area contributed by atoms with Gasteiger partial charge in [-0.05, 0) is 42.5 Å². The number of carboxylic acids is 1. The Morgan fingerprint density at radius 3 is 2.48 bits per heavy atom. The number of rotatable bonds is 4. The predicted molar refractivity (Wildman–Crippen MR) is 82.9 cm³/mol. The van der Waals surface area contributed by atoms with Crippen LogP contribution in [0.1, 0.15) is 38.2 Å². The fourth-order valence-corrected chi connectivity index (χ4v) is 2.79. The summed E-state index contributed by atoms with van der Waals surface area (Å²) in [5.74, 6) is -0.337. The van der Waals surface area contributed by atoms with E-state index in [0.717, 1.165) is 36.6 Å². The Morgan fingerprint density at radius 1 is 1.19 bits per heavy atom. The number of anilines is 1. The molecule has 0 heterocycles. The van der Waals surface area contributed by atoms with Crippen LogP contribution in [0.5, 0.6) is 0 Å². The summed E-state index contributed by atoms with van der Waals surface area (Å²) in [5, 5.41) is 11.5. The summed E-state index contributed by atoms with van der Waals surface area (Å²) in [6, 6.07) is 7.18. The molecule has 0 aromatic heterocycles. The van der Waals surface area contributed by atoms with Gasteiger partial charge in [0.15, 0.2) is 0 Å². The zero-order chi connectivity index (χ0) is 15.2. The van der Waals surface area contributed by atoms with E-state index in [-0.39, 0.29) is 11.8 Å². The van der Waals surface area contributed by atoms with E-state index in [9.17, 15) is 9.59 Å². The van der Waals surface area contributed by atoms with Crippen LogP contribution in [0.4, 0.5) is 5.69 Å². The van der Waals surface area contributed by atoms with Crippen LogP contribution in [0.2, 0.25) is 0 Å². The number of nitrogens with one attached hydrogen (secondary N) is 1. The van der Waals surface area contributed by atoms with Gasteiger partial charge in [0, 0.05) is 17.7 Å². The van der Waals surface area contributed by atoms with Crippen LogP contribution >= 0.6 is 0 Å². The first-order valence-corrected chi connectivity index (χ1v) is 7.38. The van der Waals surface area contributed by atoms with Crippen LogP contribution in [0.15, 0.2) is 30.3 Å². The first kappa shape index (κ1) is 15.3. The van der Waals surface area contributed by atoms with E-state index >= 15 is 0 Å². The SMILES string of the molecule is C[C@@H]1CCCC[C@H]1C(=O)Nc1ccc(/C=C/C(=O)O)cc1. The molecule has 0 spiro atoms. The second kappa shape index (κ2) is 7.07. The van der Waals surface area contributed by atoms with E-state index in [0.29, 0.717) is 5.92 Å². The van der Waals surface area contributed by atoms with Crippen molar-refractivity contribution in [1.82, 2.24) is 0 Å². The molecule has 112 valence electrons. The van der Waals surface area contributed by atoms with Crippen molar-refractivity contribution in [1.29, 1.82) is 0 Å². The molecule has 1 aliphatic carbocycles. The molecule has 1 saturated carbocycles. The molecular formula is C17H21NO3. The molecule has 1 amide bonds. The average Bonchev–Trinajstić information content (AvgIpc) is 2.47. The molecule has 21 heavy (non-hydrogen) atoms. The van der Waals surface area contributed by atoms with Crippen LogP contribution in [-0.4, -0.2) is 17.0 Å². The maximum absolute atomic E-state index is 12.3. The first-order chi connectivity index (χ1) is 10.1. The van der Waals surface area contributed by atoms with Gasteiger partial charge >= 0.3 is 5.97 Å². The van der Waals surface area contributed by atoms with Crippen LogP contribution in [0.25, 0.3) is 6.08 Å². The predicted octanol–water partition coefficient (Wildman–Crippen LogP) is 3.55. The number of carbonyl (C=O) groups excluding carboxylic acids is 1. The van der Waals surface area contributed by atoms with Crippen LogP contribution in [0.3, 0.4) is 0 Å². The molecule has 1 aromatic carbocycles. The van der Waals surface area contributed by atoms with Crippen molar-refractivity contribution in [2.45, 2.75) is 32.6 Å². The van der Waals surface area contributed by atoms with Crippen LogP contribution in [0, 0.1) is 11.8 Å². The summed E-state index contributed by atoms with van der Waals surface area (Å²) in [7, 11) is 0. The molecule has 1 aromatic rings. The lowest BCUT2D eigenvalue weighted by atomic mass is 9.80. The van der Waals surface area contributed by atoms with Gasteiger partial charge in [-0.15, -0.1) is 0 Å². The molecule has 1 fully saturated rings. The van der Waals surface area contributed by atoms with Gasteiger partial charge in [-0.25, -0.2) is 4.79 Å². The number of amides is 1. The minimum atomic E-state index is -0.973. The maximum Gasteiger partial charge on any atom is 0.328 e. The van der Waals surface area contributed by atoms with E-state index in [2.05, 4.69) is 12.2 Å². The molecule has 4 heteroatoms. The highest BCUT2D eigenvalue weighted by Gasteiger charge is 2.27. The van der Waals surface area contributed by atoms with Gasteiger partial charge in [-0.1, -0.05) is 31.9 Å². The van der Waals surface area contributed by atoms with Gasteiger partial charge in [0.25, 0.3) is 0 Å². The molecule has 0 aliphatic heterocycles. The highest BCUT2D eigenvalue weighted by Crippen LogP contribution is 2.30. The van der Waals surface area contributed by atoms with Crippen molar-refractivity contribution in [2.24, 2.45) is 11.8 Å². The smallest absolute Gasteiger partial charge is 0.328 e. The summed E-state index contributed by atoms with van der Waals surface area (Å²) in [6.07, 6.45) is 7.05. The highest BCUT2D eigenvalue weighted by atomic mass is 16.4. The van der Waals surface area contributed by atoms with Crippen molar-refractivity contribution in [3.8, 4) is 0 Å². The lowest BCUT2D eigenvalue weighted by molar-refractivity contribution is -0.131. The zero-order valence-corrected chi connectivity index (χ0v) is 12.2. The number of hydrogen-bond donors (Lipinski definition) is 2. The highest BCUT2D eigenvalue weighted by molar-refractivity contribution is 5.93. The molecule has 2 rings (SSSR count). The monoisotopic (exact) mass is 287 g/mol. The van der Waals surface area contributed by atoms with E-state index in [4.69, 9.17) is 5.11 Å². The second-order valence-electron chi connectivity index (χ2n) is 5.65. The van der Waals surface area contributed by atoms with Crippen molar-refractivity contribution in [2.75, 3.05) is 5.32 Å². The largest absolute Gasteiger partial charge is 0.478 e. The van der Waals surface area contributed by atoms with Gasteiger partial charge in [0.05, 0.1) is 0 Å². The molecule has 0 bridgehead atoms. The Balaban J connectivity index is 1.96. The van der Waals surface area contributed by atoms with Gasteiger partial charge in [-0.2, -0.15) is 0 Å². The number of carbonyl (C=O) groups is 2. The van der Waals surface area contributed by atoms with Gasteiger partial charge in [0.2, 0.25) is 5.91 Å². The summed E-state index contributed by atoms with van der Waals surface area (Å²) in [5.41, 5.74) is 1.55. The Labute approximate surface area is 124 Å². The molecular weight excluding hydrogens is 266 g/mol. The Morgan fingerprint density at radius 2 is 1.86 bits per heavy atom. The third-order valence-corrected chi connectivity index (χ3v) is 4.04. The van der Waals surface area contributed by atoms with E-state index in [1.54, 1.807) is 24.3 Å². The van der Waals surface area contributed by atoms with Crippen molar-refractivity contribution in [3.63, 3.8) is 0 Å². The van der Waals surface area contributed by atoms with Gasteiger partial charge in [-0.3, -0.25) is 4.79 Å². The maximum atomic E-state index is 12.3. The Kier molecular flexibility index (Phi) is 5.14. The molecule has 0 unspecified atom stereocenters. The molecule has 0 radical (unpaired) electrons. The summed E-state index contributed by atoms with van der Waals surface area (Å²) in [6.45, 7) is 2.14. The number of hydrogen-bond acceptors (Lipinski definition) is 2. The number of benzene rings is 1. The van der Waals surface area contributed by atoms with Crippen LogP contribution in [-0.2, 0) is 9.59 Å². The first-order valence-electron chi connectivity index (χ1n) is 7.38. The molecule has 1 aliphatic rings. The van der Waals surface area contributed by atoms with Crippen molar-refractivity contribution < 1.29 is 14.7 Å². The normalized spacial score (nSPS) is 22.1. The minimum Gasteiger partial charge on any atom is -0.478 e. The third kappa shape index (κ3) is 4.45. The quantitative estimate of drug-likeness (QED) is 0.832. The third-order valence-electron chi connectivity index (χ3n) is 4.04. The molecule has 0 saturated heterocycles. The lowest BCUT2D eigenvalue weighted by Crippen LogP contribution is -2.30. The zero-order valence-electron chi connectivity index (χ0n) is 12.2. The molecule has 2 atom stereocenters. The van der Waals surface area contributed by atoms with E-state index in [1.165, 1.54) is 12.5 Å². The van der Waals surface area contributed by atoms with Crippen molar-refractivity contribution in [3.05, 3.63) is 35.9 Å². The average molecular weight is 287 g/mol.